The minimum atomic E-state index is 0.362. The number of ether oxygens (including phenoxy) is 1. The molecule has 0 aromatic heterocycles. The first kappa shape index (κ1) is 16.0. The number of hydrogen-bond donors (Lipinski definition) is 1. The zero-order chi connectivity index (χ0) is 16.5. The van der Waals surface area contributed by atoms with E-state index in [1.54, 1.807) is 18.2 Å². The maximum absolute atomic E-state index is 6.36. The third-order valence-electron chi connectivity index (χ3n) is 5.48. The molecule has 1 N–H and O–H groups in total. The maximum atomic E-state index is 6.36. The van der Waals surface area contributed by atoms with Crippen LogP contribution in [0.3, 0.4) is 0 Å². The summed E-state index contributed by atoms with van der Waals surface area (Å²) in [5.41, 5.74) is 7.20. The normalized spacial score (nSPS) is 20.0. The molecule has 0 amide bonds. The van der Waals surface area contributed by atoms with Crippen LogP contribution in [0.2, 0.25) is 5.02 Å². The fraction of sp³-hybridized carbons (Fsp3) is 0.429. The Labute approximate surface area is 149 Å². The molecule has 1 unspecified atom stereocenters. The number of benzene rings is 2. The van der Waals surface area contributed by atoms with E-state index in [4.69, 9.17) is 16.3 Å². The van der Waals surface area contributed by atoms with Crippen LogP contribution in [0.4, 0.5) is 0 Å². The Morgan fingerprint density at radius 1 is 1.00 bits per heavy atom. The second-order valence-corrected chi connectivity index (χ2v) is 7.33. The fourth-order valence-electron chi connectivity index (χ4n) is 4.15. The summed E-state index contributed by atoms with van der Waals surface area (Å²) in [6, 6.07) is 11.4. The number of methoxy groups -OCH3 is 1. The smallest absolute Gasteiger partial charge is 0.137 e. The number of rotatable bonds is 2. The molecule has 2 aromatic carbocycles. The summed E-state index contributed by atoms with van der Waals surface area (Å²) in [5.74, 6) is 1.14. The van der Waals surface area contributed by atoms with Gasteiger partial charge in [0.05, 0.1) is 12.1 Å². The van der Waals surface area contributed by atoms with Crippen LogP contribution < -0.4 is 10.1 Å². The van der Waals surface area contributed by atoms with Crippen molar-refractivity contribution in [3.63, 3.8) is 0 Å². The summed E-state index contributed by atoms with van der Waals surface area (Å²) < 4.78 is 5.47. The van der Waals surface area contributed by atoms with Crippen LogP contribution in [0, 0.1) is 0 Å². The molecule has 0 spiro atoms. The van der Waals surface area contributed by atoms with Gasteiger partial charge in [0.25, 0.3) is 0 Å². The van der Waals surface area contributed by atoms with E-state index in [1.807, 2.05) is 0 Å². The average Bonchev–Trinajstić information content (AvgIpc) is 2.82. The van der Waals surface area contributed by atoms with Crippen molar-refractivity contribution < 1.29 is 4.74 Å². The molecule has 0 saturated carbocycles. The van der Waals surface area contributed by atoms with Crippen LogP contribution in [-0.4, -0.2) is 20.2 Å². The standard InChI is InChI=1S/C21H24ClNO/c1-24-21-12-18-17(11-20(21)22)8-9-23-13-19(18)16-7-6-14-4-2-3-5-15(14)10-16/h6-7,10-12,19,23H,2-5,8-9,13H2,1H3. The lowest BCUT2D eigenvalue weighted by Gasteiger charge is -2.23. The van der Waals surface area contributed by atoms with E-state index in [0.29, 0.717) is 10.9 Å². The van der Waals surface area contributed by atoms with Crippen molar-refractivity contribution in [3.05, 3.63) is 63.2 Å². The second-order valence-electron chi connectivity index (χ2n) is 6.93. The summed E-state index contributed by atoms with van der Waals surface area (Å²) in [6.45, 7) is 1.97. The monoisotopic (exact) mass is 341 g/mol. The number of fused-ring (bicyclic) bond motifs is 2. The van der Waals surface area contributed by atoms with E-state index < -0.39 is 0 Å². The quantitative estimate of drug-likeness (QED) is 0.868. The lowest BCUT2D eigenvalue weighted by atomic mass is 9.84. The highest BCUT2D eigenvalue weighted by Crippen LogP contribution is 2.37. The summed E-state index contributed by atoms with van der Waals surface area (Å²) >= 11 is 6.36. The molecular weight excluding hydrogens is 318 g/mol. The second kappa shape index (κ2) is 6.78. The molecule has 1 heterocycles. The SMILES string of the molecule is COc1cc2c(cc1Cl)CCNCC2c1ccc2c(c1)CCCC2. The number of nitrogens with one attached hydrogen (secondary N) is 1. The van der Waals surface area contributed by atoms with E-state index >= 15 is 0 Å². The van der Waals surface area contributed by atoms with Gasteiger partial charge in [-0.2, -0.15) is 0 Å². The molecule has 1 atom stereocenters. The Bertz CT molecular complexity index is 756. The lowest BCUT2D eigenvalue weighted by molar-refractivity contribution is 0.414. The molecule has 0 bridgehead atoms. The Kier molecular flexibility index (Phi) is 4.51. The number of hydrogen-bond acceptors (Lipinski definition) is 2. The topological polar surface area (TPSA) is 21.3 Å². The molecule has 126 valence electrons. The Balaban J connectivity index is 1.78. The van der Waals surface area contributed by atoms with Gasteiger partial charge in [0.2, 0.25) is 0 Å². The average molecular weight is 342 g/mol. The molecule has 2 aromatic rings. The summed E-state index contributed by atoms with van der Waals surface area (Å²) in [7, 11) is 1.69. The van der Waals surface area contributed by atoms with Gasteiger partial charge in [-0.25, -0.2) is 0 Å². The van der Waals surface area contributed by atoms with Gasteiger partial charge in [-0.3, -0.25) is 0 Å². The molecular formula is C21H24ClNO. The van der Waals surface area contributed by atoms with Crippen LogP contribution in [-0.2, 0) is 19.3 Å². The largest absolute Gasteiger partial charge is 0.495 e. The molecule has 2 aliphatic rings. The Hall–Kier alpha value is -1.51. The van der Waals surface area contributed by atoms with Gasteiger partial charge < -0.3 is 10.1 Å². The molecule has 0 radical (unpaired) electrons. The molecule has 4 rings (SSSR count). The van der Waals surface area contributed by atoms with E-state index in [0.717, 1.165) is 25.3 Å². The first-order chi connectivity index (χ1) is 11.8. The highest BCUT2D eigenvalue weighted by atomic mass is 35.5. The minimum Gasteiger partial charge on any atom is -0.495 e. The zero-order valence-corrected chi connectivity index (χ0v) is 15.0. The third kappa shape index (κ3) is 2.94. The highest BCUT2D eigenvalue weighted by molar-refractivity contribution is 6.32. The first-order valence-corrected chi connectivity index (χ1v) is 9.33. The summed E-state index contributed by atoms with van der Waals surface area (Å²) in [5, 5.41) is 4.31. The van der Waals surface area contributed by atoms with Crippen molar-refractivity contribution in [3.8, 4) is 5.75 Å². The van der Waals surface area contributed by atoms with Crippen molar-refractivity contribution in [2.24, 2.45) is 0 Å². The lowest BCUT2D eigenvalue weighted by Crippen LogP contribution is -2.21. The van der Waals surface area contributed by atoms with Crippen LogP contribution >= 0.6 is 11.6 Å². The minimum absolute atomic E-state index is 0.362. The fourth-order valence-corrected chi connectivity index (χ4v) is 4.42. The van der Waals surface area contributed by atoms with E-state index in [-0.39, 0.29) is 0 Å². The maximum Gasteiger partial charge on any atom is 0.137 e. The van der Waals surface area contributed by atoms with Crippen molar-refractivity contribution in [2.75, 3.05) is 20.2 Å². The van der Waals surface area contributed by atoms with Gasteiger partial charge >= 0.3 is 0 Å². The van der Waals surface area contributed by atoms with Crippen LogP contribution in [0.25, 0.3) is 0 Å². The van der Waals surface area contributed by atoms with Crippen molar-refractivity contribution in [2.45, 2.75) is 38.0 Å². The van der Waals surface area contributed by atoms with Gasteiger partial charge in [0, 0.05) is 12.5 Å². The van der Waals surface area contributed by atoms with Gasteiger partial charge in [-0.15, -0.1) is 0 Å². The Morgan fingerprint density at radius 3 is 2.67 bits per heavy atom. The van der Waals surface area contributed by atoms with Crippen LogP contribution in [0.5, 0.6) is 5.75 Å². The van der Waals surface area contributed by atoms with Crippen molar-refractivity contribution >= 4 is 11.6 Å². The number of aryl methyl sites for hydroxylation is 2. The molecule has 3 heteroatoms. The first-order valence-electron chi connectivity index (χ1n) is 8.95. The number of halogens is 1. The van der Waals surface area contributed by atoms with E-state index in [2.05, 4.69) is 35.6 Å². The van der Waals surface area contributed by atoms with Crippen LogP contribution in [0.15, 0.2) is 30.3 Å². The van der Waals surface area contributed by atoms with E-state index in [9.17, 15) is 0 Å². The van der Waals surface area contributed by atoms with Gasteiger partial charge in [-0.1, -0.05) is 29.8 Å². The van der Waals surface area contributed by atoms with Crippen LogP contribution in [0.1, 0.15) is 46.6 Å². The zero-order valence-electron chi connectivity index (χ0n) is 14.2. The van der Waals surface area contributed by atoms with Gasteiger partial charge in [0.1, 0.15) is 5.75 Å². The van der Waals surface area contributed by atoms with Gasteiger partial charge in [0.15, 0.2) is 0 Å². The highest BCUT2D eigenvalue weighted by Gasteiger charge is 2.23. The van der Waals surface area contributed by atoms with Crippen molar-refractivity contribution in [1.29, 1.82) is 0 Å². The predicted octanol–water partition coefficient (Wildman–Crippen LogP) is 4.51. The summed E-state index contributed by atoms with van der Waals surface area (Å²) in [6.07, 6.45) is 6.12. The molecule has 24 heavy (non-hydrogen) atoms. The third-order valence-corrected chi connectivity index (χ3v) is 5.78. The predicted molar refractivity (Wildman–Crippen MR) is 99.5 cm³/mol. The molecule has 0 fully saturated rings. The molecule has 0 saturated heterocycles. The molecule has 1 aliphatic carbocycles. The van der Waals surface area contributed by atoms with Gasteiger partial charge in [-0.05, 0) is 78.6 Å². The molecule has 1 aliphatic heterocycles. The summed E-state index contributed by atoms with van der Waals surface area (Å²) in [4.78, 5) is 0. The Morgan fingerprint density at radius 2 is 1.83 bits per heavy atom. The van der Waals surface area contributed by atoms with E-state index in [1.165, 1.54) is 42.4 Å². The van der Waals surface area contributed by atoms with Crippen molar-refractivity contribution in [1.82, 2.24) is 5.32 Å². The molecule has 2 nitrogen and oxygen atoms in total.